The zero-order chi connectivity index (χ0) is 17.9. The van der Waals surface area contributed by atoms with Crippen LogP contribution in [0.5, 0.6) is 0 Å². The van der Waals surface area contributed by atoms with Gasteiger partial charge in [0.1, 0.15) is 0 Å². The fourth-order valence-electron chi connectivity index (χ4n) is 3.53. The second-order valence-corrected chi connectivity index (χ2v) is 6.76. The topological polar surface area (TPSA) is 61.0 Å². The van der Waals surface area contributed by atoms with E-state index in [4.69, 9.17) is 0 Å². The highest BCUT2D eigenvalue weighted by Gasteiger charge is 2.26. The Morgan fingerprint density at radius 1 is 1.08 bits per heavy atom. The van der Waals surface area contributed by atoms with Gasteiger partial charge in [0.2, 0.25) is 5.91 Å². The lowest BCUT2D eigenvalue weighted by Crippen LogP contribution is -2.27. The van der Waals surface area contributed by atoms with E-state index >= 15 is 0 Å². The molecule has 1 amide bonds. The Morgan fingerprint density at radius 2 is 1.69 bits per heavy atom. The quantitative estimate of drug-likeness (QED) is 0.763. The maximum absolute atomic E-state index is 13.2. The summed E-state index contributed by atoms with van der Waals surface area (Å²) in [5.41, 5.74) is 4.15. The van der Waals surface area contributed by atoms with E-state index in [0.717, 1.165) is 41.9 Å². The van der Waals surface area contributed by atoms with Crippen LogP contribution in [-0.4, -0.2) is 34.6 Å². The zero-order valence-electron chi connectivity index (χ0n) is 14.8. The minimum atomic E-state index is -0.365. The normalized spacial score (nSPS) is 14.2. The molecule has 0 saturated carbocycles. The van der Waals surface area contributed by atoms with Crippen LogP contribution in [0.4, 0.5) is 5.82 Å². The highest BCUT2D eigenvalue weighted by atomic mass is 16.2. The first-order valence-corrected chi connectivity index (χ1v) is 8.88. The van der Waals surface area contributed by atoms with Crippen LogP contribution >= 0.6 is 0 Å². The van der Waals surface area contributed by atoms with E-state index in [1.807, 2.05) is 60.7 Å². The third-order valence-electron chi connectivity index (χ3n) is 4.89. The van der Waals surface area contributed by atoms with Gasteiger partial charge in [-0.3, -0.25) is 9.89 Å². The molecule has 3 aromatic rings. The van der Waals surface area contributed by atoms with Crippen LogP contribution in [0, 0.1) is 0 Å². The van der Waals surface area contributed by atoms with Gasteiger partial charge in [-0.05, 0) is 24.6 Å². The molecule has 26 heavy (non-hydrogen) atoms. The second-order valence-electron chi connectivity index (χ2n) is 6.76. The molecule has 4 rings (SSSR count). The Kier molecular flexibility index (Phi) is 4.54. The van der Waals surface area contributed by atoms with Crippen molar-refractivity contribution < 1.29 is 4.79 Å². The van der Waals surface area contributed by atoms with Crippen molar-refractivity contribution in [2.45, 2.75) is 18.9 Å². The molecule has 0 fully saturated rings. The number of rotatable bonds is 4. The molecular weight excluding hydrogens is 324 g/mol. The summed E-state index contributed by atoms with van der Waals surface area (Å²) in [6.07, 6.45) is 0.888. The van der Waals surface area contributed by atoms with E-state index < -0.39 is 0 Å². The van der Waals surface area contributed by atoms with Gasteiger partial charge < -0.3 is 10.2 Å². The third-order valence-corrected chi connectivity index (χ3v) is 4.89. The number of carbonyl (C=O) groups is 1. The van der Waals surface area contributed by atoms with Gasteiger partial charge in [-0.25, -0.2) is 0 Å². The molecule has 132 valence electrons. The molecule has 5 nitrogen and oxygen atoms in total. The highest BCUT2D eigenvalue weighted by Crippen LogP contribution is 2.28. The third kappa shape index (κ3) is 3.26. The van der Waals surface area contributed by atoms with Crippen LogP contribution in [-0.2, 0) is 17.8 Å². The monoisotopic (exact) mass is 346 g/mol. The zero-order valence-corrected chi connectivity index (χ0v) is 14.8. The van der Waals surface area contributed by atoms with Gasteiger partial charge in [0.15, 0.2) is 5.82 Å². The fourth-order valence-corrected chi connectivity index (χ4v) is 3.53. The number of likely N-dealkylation sites (N-methyl/N-ethyl adjacent to an activating group) is 1. The van der Waals surface area contributed by atoms with Crippen LogP contribution in [0.2, 0.25) is 0 Å². The summed E-state index contributed by atoms with van der Waals surface area (Å²) < 4.78 is 0. The number of H-pyrrole nitrogens is 1. The summed E-state index contributed by atoms with van der Waals surface area (Å²) in [5, 5.41) is 10.5. The highest BCUT2D eigenvalue weighted by molar-refractivity contribution is 5.98. The molecule has 0 atom stereocenters. The molecule has 1 aliphatic rings. The van der Waals surface area contributed by atoms with Crippen molar-refractivity contribution in [3.63, 3.8) is 0 Å². The first kappa shape index (κ1) is 16.5. The van der Waals surface area contributed by atoms with Gasteiger partial charge in [0, 0.05) is 18.7 Å². The van der Waals surface area contributed by atoms with Gasteiger partial charge in [-0.15, -0.1) is 0 Å². The number of fused-ring (bicyclic) bond motifs is 1. The van der Waals surface area contributed by atoms with Crippen LogP contribution in [0.15, 0.2) is 60.7 Å². The molecule has 0 radical (unpaired) electrons. The van der Waals surface area contributed by atoms with E-state index in [1.165, 1.54) is 0 Å². The standard InChI is InChI=1S/C21H22N4O/c1-25-13-12-17-18(14-25)23-24-20(17)22-21(26)19(15-8-4-2-5-9-15)16-10-6-3-7-11-16/h2-11,19H,12-14H2,1H3,(H2,22,23,24,26). The number of carbonyl (C=O) groups excluding carboxylic acids is 1. The maximum atomic E-state index is 13.2. The molecule has 2 N–H and O–H groups in total. The average molecular weight is 346 g/mol. The SMILES string of the molecule is CN1CCc2c(NC(=O)C(c3ccccc3)c3ccccc3)n[nH]c2C1. The molecule has 0 saturated heterocycles. The van der Waals surface area contributed by atoms with Crippen LogP contribution < -0.4 is 5.32 Å². The number of aromatic nitrogens is 2. The van der Waals surface area contributed by atoms with Crippen LogP contribution in [0.1, 0.15) is 28.3 Å². The number of hydrogen-bond donors (Lipinski definition) is 2. The lowest BCUT2D eigenvalue weighted by Gasteiger charge is -2.22. The van der Waals surface area contributed by atoms with Crippen LogP contribution in [0.25, 0.3) is 0 Å². The summed E-state index contributed by atoms with van der Waals surface area (Å²) in [7, 11) is 2.09. The average Bonchev–Trinajstić information content (AvgIpc) is 3.05. The number of benzene rings is 2. The van der Waals surface area contributed by atoms with Crippen molar-refractivity contribution in [3.8, 4) is 0 Å². The van der Waals surface area contributed by atoms with E-state index in [2.05, 4.69) is 27.5 Å². The summed E-state index contributed by atoms with van der Waals surface area (Å²) in [4.78, 5) is 15.4. The molecule has 1 aromatic heterocycles. The molecule has 5 heteroatoms. The van der Waals surface area contributed by atoms with Gasteiger partial charge in [-0.1, -0.05) is 60.7 Å². The number of nitrogens with zero attached hydrogens (tertiary/aromatic N) is 2. The minimum Gasteiger partial charge on any atom is -0.308 e. The lowest BCUT2D eigenvalue weighted by atomic mass is 9.90. The summed E-state index contributed by atoms with van der Waals surface area (Å²) >= 11 is 0. The first-order chi connectivity index (χ1) is 12.7. The van der Waals surface area contributed by atoms with Crippen molar-refractivity contribution in [1.82, 2.24) is 15.1 Å². The summed E-state index contributed by atoms with van der Waals surface area (Å²) in [5.74, 6) is 0.238. The number of anilines is 1. The fraction of sp³-hybridized carbons (Fsp3) is 0.238. The van der Waals surface area contributed by atoms with E-state index in [-0.39, 0.29) is 11.8 Å². The number of amides is 1. The van der Waals surface area contributed by atoms with Gasteiger partial charge in [0.25, 0.3) is 0 Å². The Labute approximate surface area is 153 Å². The maximum Gasteiger partial charge on any atom is 0.237 e. The number of hydrogen-bond acceptors (Lipinski definition) is 3. The van der Waals surface area contributed by atoms with Crippen LogP contribution in [0.3, 0.4) is 0 Å². The van der Waals surface area contributed by atoms with E-state index in [1.54, 1.807) is 0 Å². The van der Waals surface area contributed by atoms with Gasteiger partial charge in [-0.2, -0.15) is 5.10 Å². The van der Waals surface area contributed by atoms with E-state index in [0.29, 0.717) is 5.82 Å². The lowest BCUT2D eigenvalue weighted by molar-refractivity contribution is -0.116. The molecule has 0 unspecified atom stereocenters. The molecule has 2 aromatic carbocycles. The molecule has 0 spiro atoms. The minimum absolute atomic E-state index is 0.0596. The van der Waals surface area contributed by atoms with Crippen molar-refractivity contribution in [3.05, 3.63) is 83.0 Å². The first-order valence-electron chi connectivity index (χ1n) is 8.88. The Morgan fingerprint density at radius 3 is 2.31 bits per heavy atom. The Balaban J connectivity index is 1.64. The smallest absolute Gasteiger partial charge is 0.237 e. The van der Waals surface area contributed by atoms with Gasteiger partial charge in [0.05, 0.1) is 11.6 Å². The van der Waals surface area contributed by atoms with E-state index in [9.17, 15) is 4.79 Å². The van der Waals surface area contributed by atoms with Crippen molar-refractivity contribution in [2.24, 2.45) is 0 Å². The van der Waals surface area contributed by atoms with Crippen molar-refractivity contribution >= 4 is 11.7 Å². The predicted octanol–water partition coefficient (Wildman–Crippen LogP) is 3.17. The molecule has 0 bridgehead atoms. The molecule has 1 aliphatic heterocycles. The predicted molar refractivity (Wildman–Crippen MR) is 102 cm³/mol. The number of aromatic amines is 1. The van der Waals surface area contributed by atoms with Crippen molar-refractivity contribution in [1.29, 1.82) is 0 Å². The molecule has 2 heterocycles. The number of nitrogens with one attached hydrogen (secondary N) is 2. The van der Waals surface area contributed by atoms with Crippen molar-refractivity contribution in [2.75, 3.05) is 18.9 Å². The largest absolute Gasteiger partial charge is 0.308 e. The Hall–Kier alpha value is -2.92. The second kappa shape index (κ2) is 7.14. The molecule has 0 aliphatic carbocycles. The summed E-state index contributed by atoms with van der Waals surface area (Å²) in [6, 6.07) is 19.7. The summed E-state index contributed by atoms with van der Waals surface area (Å²) in [6.45, 7) is 1.80. The molecular formula is C21H22N4O. The van der Waals surface area contributed by atoms with Gasteiger partial charge >= 0.3 is 0 Å². The Bertz CT molecular complexity index is 849.